The van der Waals surface area contributed by atoms with Crippen LogP contribution in [0.1, 0.15) is 16.7 Å². The average molecular weight is 420 g/mol. The molecule has 0 spiro atoms. The number of hydrogen-bond acceptors (Lipinski definition) is 4. The van der Waals surface area contributed by atoms with Crippen molar-refractivity contribution in [2.45, 2.75) is 13.2 Å². The third-order valence-corrected chi connectivity index (χ3v) is 4.42. The van der Waals surface area contributed by atoms with Gasteiger partial charge in [-0.15, -0.1) is 0 Å². The van der Waals surface area contributed by atoms with Crippen LogP contribution in [0.15, 0.2) is 72.8 Å². The number of ether oxygens (including phenoxy) is 1. The number of rotatable bonds is 6. The Bertz CT molecular complexity index is 1080. The zero-order valence-electron chi connectivity index (χ0n) is 15.9. The average Bonchev–Trinajstić information content (AvgIpc) is 2.77. The molecule has 0 saturated carbocycles. The van der Waals surface area contributed by atoms with E-state index in [1.54, 1.807) is 12.1 Å². The second-order valence-electron chi connectivity index (χ2n) is 6.36. The Kier molecular flexibility index (Phi) is 7.04. The smallest absolute Gasteiger partial charge is 0.313 e. The molecule has 30 heavy (non-hydrogen) atoms. The molecule has 0 bridgehead atoms. The van der Waals surface area contributed by atoms with Gasteiger partial charge in [-0.3, -0.25) is 9.59 Å². The summed E-state index contributed by atoms with van der Waals surface area (Å²) in [6, 6.07) is 23.4. The van der Waals surface area contributed by atoms with Gasteiger partial charge in [0.05, 0.1) is 11.3 Å². The summed E-state index contributed by atoms with van der Waals surface area (Å²) in [6.07, 6.45) is 0. The first-order valence-corrected chi connectivity index (χ1v) is 9.47. The Labute approximate surface area is 179 Å². The lowest BCUT2D eigenvalue weighted by Gasteiger charge is -2.09. The molecule has 0 aliphatic carbocycles. The Balaban J connectivity index is 1.50. The van der Waals surface area contributed by atoms with Gasteiger partial charge >= 0.3 is 11.8 Å². The molecule has 6 nitrogen and oxygen atoms in total. The second kappa shape index (κ2) is 10.1. The minimum Gasteiger partial charge on any atom is -0.489 e. The number of hydrogen-bond donors (Lipinski definition) is 2. The van der Waals surface area contributed by atoms with E-state index in [1.165, 1.54) is 18.2 Å². The van der Waals surface area contributed by atoms with Crippen molar-refractivity contribution in [2.75, 3.05) is 5.32 Å². The summed E-state index contributed by atoms with van der Waals surface area (Å²) in [5.41, 5.74) is 2.28. The number of carbonyl (C=O) groups is 2. The lowest BCUT2D eigenvalue weighted by Crippen LogP contribution is -2.35. The molecule has 7 heteroatoms. The SMILES string of the molecule is N#Cc1ccc(Cl)cc1NC(=O)C(=O)NCc1ccc(OCc2ccccc2)cc1. The maximum Gasteiger partial charge on any atom is 0.313 e. The second-order valence-corrected chi connectivity index (χ2v) is 6.79. The van der Waals surface area contributed by atoms with E-state index in [0.29, 0.717) is 17.4 Å². The van der Waals surface area contributed by atoms with Crippen molar-refractivity contribution in [3.8, 4) is 11.8 Å². The number of carbonyl (C=O) groups excluding carboxylic acids is 2. The van der Waals surface area contributed by atoms with Crippen molar-refractivity contribution in [3.63, 3.8) is 0 Å². The fourth-order valence-corrected chi connectivity index (χ4v) is 2.78. The molecule has 3 aromatic carbocycles. The summed E-state index contributed by atoms with van der Waals surface area (Å²) in [7, 11) is 0. The monoisotopic (exact) mass is 419 g/mol. The van der Waals surface area contributed by atoms with Gasteiger partial charge in [0.15, 0.2) is 0 Å². The maximum absolute atomic E-state index is 12.1. The fraction of sp³-hybridized carbons (Fsp3) is 0.0870. The van der Waals surface area contributed by atoms with Crippen molar-refractivity contribution < 1.29 is 14.3 Å². The van der Waals surface area contributed by atoms with Crippen LogP contribution < -0.4 is 15.4 Å². The minimum absolute atomic E-state index is 0.172. The molecule has 0 radical (unpaired) electrons. The van der Waals surface area contributed by atoms with Crippen molar-refractivity contribution in [3.05, 3.63) is 94.5 Å². The lowest BCUT2D eigenvalue weighted by atomic mass is 10.2. The zero-order chi connectivity index (χ0) is 21.3. The summed E-state index contributed by atoms with van der Waals surface area (Å²) < 4.78 is 5.72. The number of benzene rings is 3. The summed E-state index contributed by atoms with van der Waals surface area (Å²) in [5, 5.41) is 14.4. The Morgan fingerprint density at radius 2 is 1.67 bits per heavy atom. The predicted molar refractivity (Wildman–Crippen MR) is 114 cm³/mol. The first-order valence-electron chi connectivity index (χ1n) is 9.09. The van der Waals surface area contributed by atoms with Gasteiger partial charge < -0.3 is 15.4 Å². The standard InChI is InChI=1S/C23H18ClN3O3/c24-19-9-8-18(13-25)21(12-19)27-23(29)22(28)26-14-16-6-10-20(11-7-16)30-15-17-4-2-1-3-5-17/h1-12H,14-15H2,(H,26,28)(H,27,29). The van der Waals surface area contributed by atoms with Crippen LogP contribution >= 0.6 is 11.6 Å². The topological polar surface area (TPSA) is 91.2 Å². The van der Waals surface area contributed by atoms with Crippen molar-refractivity contribution in [1.29, 1.82) is 5.26 Å². The summed E-state index contributed by atoms with van der Waals surface area (Å²) >= 11 is 5.88. The Morgan fingerprint density at radius 3 is 2.37 bits per heavy atom. The highest BCUT2D eigenvalue weighted by atomic mass is 35.5. The maximum atomic E-state index is 12.1. The van der Waals surface area contributed by atoms with E-state index < -0.39 is 11.8 Å². The number of nitrogens with one attached hydrogen (secondary N) is 2. The van der Waals surface area contributed by atoms with Gasteiger partial charge in [0, 0.05) is 11.6 Å². The molecule has 0 aliphatic rings. The molecule has 0 saturated heterocycles. The van der Waals surface area contributed by atoms with Crippen LogP contribution in [0.3, 0.4) is 0 Å². The van der Waals surface area contributed by atoms with E-state index in [1.807, 2.05) is 48.5 Å². The van der Waals surface area contributed by atoms with Crippen LogP contribution in [-0.4, -0.2) is 11.8 Å². The van der Waals surface area contributed by atoms with Gasteiger partial charge in [-0.1, -0.05) is 54.1 Å². The van der Waals surface area contributed by atoms with Crippen molar-refractivity contribution >= 4 is 29.1 Å². The summed E-state index contributed by atoms with van der Waals surface area (Å²) in [4.78, 5) is 24.2. The highest BCUT2D eigenvalue weighted by Gasteiger charge is 2.15. The van der Waals surface area contributed by atoms with Crippen LogP contribution in [0.2, 0.25) is 5.02 Å². The van der Waals surface area contributed by atoms with E-state index in [2.05, 4.69) is 10.6 Å². The Morgan fingerprint density at radius 1 is 0.933 bits per heavy atom. The molecule has 0 unspecified atom stereocenters. The number of anilines is 1. The molecule has 0 aliphatic heterocycles. The molecule has 150 valence electrons. The van der Waals surface area contributed by atoms with Gasteiger partial charge in [-0.25, -0.2) is 0 Å². The molecule has 0 atom stereocenters. The predicted octanol–water partition coefficient (Wildman–Crippen LogP) is 4.05. The number of halogens is 1. The van der Waals surface area contributed by atoms with E-state index >= 15 is 0 Å². The first-order chi connectivity index (χ1) is 14.5. The molecule has 2 N–H and O–H groups in total. The molecule has 3 aromatic rings. The fourth-order valence-electron chi connectivity index (χ4n) is 2.60. The van der Waals surface area contributed by atoms with Crippen LogP contribution in [0.5, 0.6) is 5.75 Å². The van der Waals surface area contributed by atoms with E-state index in [0.717, 1.165) is 11.1 Å². The quantitative estimate of drug-likeness (QED) is 0.590. The first kappa shape index (κ1) is 20.9. The van der Waals surface area contributed by atoms with E-state index in [9.17, 15) is 9.59 Å². The number of nitrogens with zero attached hydrogens (tertiary/aromatic N) is 1. The minimum atomic E-state index is -0.878. The number of nitriles is 1. The number of amides is 2. The van der Waals surface area contributed by atoms with E-state index in [-0.39, 0.29) is 17.8 Å². The molecule has 0 fully saturated rings. The van der Waals surface area contributed by atoms with Gasteiger partial charge in [0.25, 0.3) is 0 Å². The third kappa shape index (κ3) is 5.84. The molecular formula is C23H18ClN3O3. The van der Waals surface area contributed by atoms with Gasteiger partial charge in [-0.2, -0.15) is 5.26 Å². The van der Waals surface area contributed by atoms with Crippen LogP contribution in [-0.2, 0) is 22.7 Å². The highest BCUT2D eigenvalue weighted by molar-refractivity contribution is 6.40. The van der Waals surface area contributed by atoms with Crippen molar-refractivity contribution in [2.24, 2.45) is 0 Å². The van der Waals surface area contributed by atoms with Crippen LogP contribution in [0.25, 0.3) is 0 Å². The van der Waals surface area contributed by atoms with Crippen LogP contribution in [0.4, 0.5) is 5.69 Å². The summed E-state index contributed by atoms with van der Waals surface area (Å²) in [6.45, 7) is 0.636. The molecular weight excluding hydrogens is 402 g/mol. The Hall–Kier alpha value is -3.82. The van der Waals surface area contributed by atoms with Gasteiger partial charge in [-0.05, 0) is 41.5 Å². The lowest BCUT2D eigenvalue weighted by molar-refractivity contribution is -0.136. The molecule has 0 aromatic heterocycles. The van der Waals surface area contributed by atoms with Crippen molar-refractivity contribution in [1.82, 2.24) is 5.32 Å². The zero-order valence-corrected chi connectivity index (χ0v) is 16.6. The largest absolute Gasteiger partial charge is 0.489 e. The summed E-state index contributed by atoms with van der Waals surface area (Å²) in [5.74, 6) is -0.989. The normalized spacial score (nSPS) is 10.0. The highest BCUT2D eigenvalue weighted by Crippen LogP contribution is 2.20. The molecule has 3 rings (SSSR count). The van der Waals surface area contributed by atoms with Crippen LogP contribution in [0, 0.1) is 11.3 Å². The van der Waals surface area contributed by atoms with E-state index in [4.69, 9.17) is 21.6 Å². The third-order valence-electron chi connectivity index (χ3n) is 4.18. The molecule has 0 heterocycles. The molecule has 2 amide bonds. The van der Waals surface area contributed by atoms with Gasteiger partial charge in [0.2, 0.25) is 0 Å². The van der Waals surface area contributed by atoms with Gasteiger partial charge in [0.1, 0.15) is 18.4 Å².